The smallest absolute Gasteiger partial charge is 0.192 e. The first kappa shape index (κ1) is 17.7. The van der Waals surface area contributed by atoms with Gasteiger partial charge in [0.1, 0.15) is 5.82 Å². The zero-order valence-electron chi connectivity index (χ0n) is 13.7. The number of aryl methyl sites for hydroxylation is 1. The first-order valence-electron chi connectivity index (χ1n) is 7.77. The molecule has 0 aliphatic carbocycles. The van der Waals surface area contributed by atoms with E-state index in [4.69, 9.17) is 11.6 Å². The Balaban J connectivity index is 1.89. The first-order chi connectivity index (χ1) is 12.1. The van der Waals surface area contributed by atoms with Gasteiger partial charge in [-0.2, -0.15) is 0 Å². The van der Waals surface area contributed by atoms with Crippen LogP contribution in [0.5, 0.6) is 0 Å². The number of allylic oxidation sites excluding steroid dienone is 1. The highest BCUT2D eigenvalue weighted by atomic mass is 35.5. The van der Waals surface area contributed by atoms with Crippen LogP contribution in [0.25, 0.3) is 11.4 Å². The number of nitrogens with zero attached hydrogens (tertiary/aromatic N) is 3. The lowest BCUT2D eigenvalue weighted by molar-refractivity contribution is 0.617. The Kier molecular flexibility index (Phi) is 5.56. The van der Waals surface area contributed by atoms with E-state index in [9.17, 15) is 4.39 Å². The van der Waals surface area contributed by atoms with Gasteiger partial charge in [0.05, 0.1) is 0 Å². The Hall–Kier alpha value is -2.11. The quantitative estimate of drug-likeness (QED) is 0.420. The maximum atomic E-state index is 14.0. The summed E-state index contributed by atoms with van der Waals surface area (Å²) < 4.78 is 15.9. The van der Waals surface area contributed by atoms with E-state index in [-0.39, 0.29) is 5.82 Å². The summed E-state index contributed by atoms with van der Waals surface area (Å²) >= 11 is 7.50. The molecule has 0 spiro atoms. The van der Waals surface area contributed by atoms with Crippen molar-refractivity contribution in [3.63, 3.8) is 0 Å². The molecule has 0 saturated carbocycles. The molecule has 3 rings (SSSR count). The zero-order chi connectivity index (χ0) is 17.8. The Bertz CT molecular complexity index is 870. The average molecular weight is 374 g/mol. The highest BCUT2D eigenvalue weighted by Crippen LogP contribution is 2.30. The molecule has 0 aliphatic heterocycles. The Morgan fingerprint density at radius 2 is 1.96 bits per heavy atom. The summed E-state index contributed by atoms with van der Waals surface area (Å²) in [7, 11) is 0. The van der Waals surface area contributed by atoms with Gasteiger partial charge in [0.15, 0.2) is 11.0 Å². The zero-order valence-corrected chi connectivity index (χ0v) is 15.3. The summed E-state index contributed by atoms with van der Waals surface area (Å²) in [6.45, 7) is 6.42. The van der Waals surface area contributed by atoms with Crippen molar-refractivity contribution in [2.24, 2.45) is 0 Å². The molecule has 0 N–H and O–H groups in total. The molecule has 3 aromatic rings. The van der Waals surface area contributed by atoms with Crippen molar-refractivity contribution in [3.05, 3.63) is 77.1 Å². The van der Waals surface area contributed by atoms with E-state index in [1.54, 1.807) is 18.2 Å². The Morgan fingerprint density at radius 1 is 1.20 bits per heavy atom. The van der Waals surface area contributed by atoms with Gasteiger partial charge in [-0.3, -0.25) is 4.57 Å². The molecule has 128 valence electrons. The van der Waals surface area contributed by atoms with E-state index in [2.05, 4.69) is 16.8 Å². The third-order valence-electron chi connectivity index (χ3n) is 3.75. The predicted octanol–water partition coefficient (Wildman–Crippen LogP) is 5.52. The molecule has 3 nitrogen and oxygen atoms in total. The van der Waals surface area contributed by atoms with E-state index in [1.807, 2.05) is 35.8 Å². The minimum absolute atomic E-state index is 0.312. The van der Waals surface area contributed by atoms with Crippen LogP contribution < -0.4 is 0 Å². The number of rotatable bonds is 6. The summed E-state index contributed by atoms with van der Waals surface area (Å²) in [6.07, 6.45) is 1.79. The molecule has 0 radical (unpaired) electrons. The van der Waals surface area contributed by atoms with Crippen molar-refractivity contribution in [1.82, 2.24) is 14.8 Å². The van der Waals surface area contributed by atoms with Crippen molar-refractivity contribution in [2.75, 3.05) is 0 Å². The molecule has 2 aromatic carbocycles. The summed E-state index contributed by atoms with van der Waals surface area (Å²) in [5, 5.41) is 9.70. The molecule has 0 atom stereocenters. The van der Waals surface area contributed by atoms with Gasteiger partial charge in [-0.15, -0.1) is 16.8 Å². The fraction of sp³-hybridized carbons (Fsp3) is 0.158. The molecule has 6 heteroatoms. The van der Waals surface area contributed by atoms with Gasteiger partial charge >= 0.3 is 0 Å². The van der Waals surface area contributed by atoms with Crippen molar-refractivity contribution < 1.29 is 4.39 Å². The van der Waals surface area contributed by atoms with Crippen molar-refractivity contribution in [1.29, 1.82) is 0 Å². The summed E-state index contributed by atoms with van der Waals surface area (Å²) in [5.74, 6) is 0.838. The van der Waals surface area contributed by atoms with Crippen LogP contribution in [0.2, 0.25) is 5.02 Å². The van der Waals surface area contributed by atoms with Crippen molar-refractivity contribution >= 4 is 23.4 Å². The number of halogens is 2. The summed E-state index contributed by atoms with van der Waals surface area (Å²) in [4.78, 5) is 0. The molecule has 25 heavy (non-hydrogen) atoms. The minimum Gasteiger partial charge on any atom is -0.298 e. The van der Waals surface area contributed by atoms with E-state index in [0.29, 0.717) is 28.0 Å². The minimum atomic E-state index is -0.312. The highest BCUT2D eigenvalue weighted by molar-refractivity contribution is 7.98. The molecule has 0 amide bonds. The highest BCUT2D eigenvalue weighted by Gasteiger charge is 2.15. The Labute approximate surface area is 155 Å². The number of thioether (sulfide) groups is 1. The van der Waals surface area contributed by atoms with Gasteiger partial charge in [-0.1, -0.05) is 65.3 Å². The van der Waals surface area contributed by atoms with Gasteiger partial charge < -0.3 is 0 Å². The second-order valence-electron chi connectivity index (χ2n) is 5.56. The predicted molar refractivity (Wildman–Crippen MR) is 101 cm³/mol. The second-order valence-corrected chi connectivity index (χ2v) is 6.91. The topological polar surface area (TPSA) is 30.7 Å². The third kappa shape index (κ3) is 3.94. The third-order valence-corrected chi connectivity index (χ3v) is 5.09. The molecule has 0 saturated heterocycles. The van der Waals surface area contributed by atoms with Crippen LogP contribution in [0.4, 0.5) is 4.39 Å². The van der Waals surface area contributed by atoms with Gasteiger partial charge in [-0.25, -0.2) is 4.39 Å². The summed E-state index contributed by atoms with van der Waals surface area (Å²) in [6, 6.07) is 12.8. The number of benzene rings is 2. The van der Waals surface area contributed by atoms with Crippen LogP contribution in [0.15, 0.2) is 60.3 Å². The van der Waals surface area contributed by atoms with Crippen LogP contribution in [-0.4, -0.2) is 14.8 Å². The Morgan fingerprint density at radius 3 is 2.64 bits per heavy atom. The molecule has 0 bridgehead atoms. The molecular formula is C19H17ClFN3S. The van der Waals surface area contributed by atoms with E-state index in [0.717, 1.165) is 11.4 Å². The van der Waals surface area contributed by atoms with E-state index >= 15 is 0 Å². The second kappa shape index (κ2) is 7.85. The fourth-order valence-electron chi connectivity index (χ4n) is 2.41. The molecule has 0 aliphatic rings. The number of hydrogen-bond acceptors (Lipinski definition) is 3. The van der Waals surface area contributed by atoms with Gasteiger partial charge in [-0.05, 0) is 19.1 Å². The number of hydrogen-bond donors (Lipinski definition) is 0. The molecule has 0 unspecified atom stereocenters. The first-order valence-corrected chi connectivity index (χ1v) is 9.13. The normalized spacial score (nSPS) is 10.8. The summed E-state index contributed by atoms with van der Waals surface area (Å²) in [5.41, 5.74) is 2.64. The average Bonchev–Trinajstić information content (AvgIpc) is 2.98. The van der Waals surface area contributed by atoms with Gasteiger partial charge in [0.2, 0.25) is 0 Å². The van der Waals surface area contributed by atoms with Crippen LogP contribution in [0, 0.1) is 12.7 Å². The van der Waals surface area contributed by atoms with E-state index in [1.165, 1.54) is 23.4 Å². The monoisotopic (exact) mass is 373 g/mol. The lowest BCUT2D eigenvalue weighted by atomic mass is 10.1. The standard InChI is InChI=1S/C19H17ClFN3S/c1-3-11-24-18(14-9-7-13(2)8-10-14)22-23-19(24)25-12-15-16(20)5-4-6-17(15)21/h3-10H,1,11-12H2,2H3. The number of aromatic nitrogens is 3. The lowest BCUT2D eigenvalue weighted by Gasteiger charge is -2.09. The van der Waals surface area contributed by atoms with Gasteiger partial charge in [0.25, 0.3) is 0 Å². The SMILES string of the molecule is C=CCn1c(SCc2c(F)cccc2Cl)nnc1-c1ccc(C)cc1. The van der Waals surface area contributed by atoms with Crippen LogP contribution in [-0.2, 0) is 12.3 Å². The fourth-order valence-corrected chi connectivity index (χ4v) is 3.70. The van der Waals surface area contributed by atoms with Crippen LogP contribution in [0.1, 0.15) is 11.1 Å². The molecule has 1 aromatic heterocycles. The van der Waals surface area contributed by atoms with Crippen molar-refractivity contribution in [2.45, 2.75) is 24.4 Å². The molecule has 0 fully saturated rings. The molecular weight excluding hydrogens is 357 g/mol. The maximum absolute atomic E-state index is 14.0. The maximum Gasteiger partial charge on any atom is 0.192 e. The molecule has 1 heterocycles. The lowest BCUT2D eigenvalue weighted by Crippen LogP contribution is -2.01. The van der Waals surface area contributed by atoms with Crippen molar-refractivity contribution in [3.8, 4) is 11.4 Å². The van der Waals surface area contributed by atoms with Crippen LogP contribution >= 0.6 is 23.4 Å². The largest absolute Gasteiger partial charge is 0.298 e. The van der Waals surface area contributed by atoms with Crippen LogP contribution in [0.3, 0.4) is 0 Å². The van der Waals surface area contributed by atoms with E-state index < -0.39 is 0 Å². The van der Waals surface area contributed by atoms with Gasteiger partial charge in [0, 0.05) is 28.4 Å².